The first-order chi connectivity index (χ1) is 13.0. The number of aromatic nitrogens is 1. The van der Waals surface area contributed by atoms with E-state index in [1.807, 2.05) is 11.4 Å². The van der Waals surface area contributed by atoms with Crippen molar-refractivity contribution in [3.63, 3.8) is 0 Å². The third-order valence-corrected chi connectivity index (χ3v) is 5.01. The van der Waals surface area contributed by atoms with E-state index in [4.69, 9.17) is 16.9 Å². The monoisotopic (exact) mass is 403 g/mol. The van der Waals surface area contributed by atoms with Crippen molar-refractivity contribution in [1.82, 2.24) is 15.6 Å². The highest BCUT2D eigenvalue weighted by molar-refractivity contribution is 7.11. The number of halogens is 2. The van der Waals surface area contributed by atoms with Gasteiger partial charge in [-0.1, -0.05) is 17.7 Å². The molecule has 1 amide bonds. The SMILES string of the molecule is CC1=C(C(=O)NCCC#N)C(c2ccc(F)cc2Cl)N=C(c2nccs2)N1. The fourth-order valence-corrected chi connectivity index (χ4v) is 3.55. The van der Waals surface area contributed by atoms with Crippen LogP contribution in [0.4, 0.5) is 4.39 Å². The molecule has 3 rings (SSSR count). The van der Waals surface area contributed by atoms with E-state index in [0.717, 1.165) is 0 Å². The first-order valence-corrected chi connectivity index (χ1v) is 9.32. The molecule has 1 atom stereocenters. The van der Waals surface area contributed by atoms with Crippen LogP contribution in [0.15, 0.2) is 46.0 Å². The molecule has 2 heterocycles. The number of amidine groups is 1. The lowest BCUT2D eigenvalue weighted by molar-refractivity contribution is -0.117. The molecule has 6 nitrogen and oxygen atoms in total. The van der Waals surface area contributed by atoms with Crippen LogP contribution in [0.25, 0.3) is 0 Å². The fourth-order valence-electron chi connectivity index (χ4n) is 2.69. The van der Waals surface area contributed by atoms with E-state index in [0.29, 0.717) is 27.7 Å². The molecule has 0 bridgehead atoms. The summed E-state index contributed by atoms with van der Waals surface area (Å²) >= 11 is 7.65. The Morgan fingerprint density at radius 3 is 3.00 bits per heavy atom. The van der Waals surface area contributed by atoms with Crippen LogP contribution in [-0.4, -0.2) is 23.3 Å². The average Bonchev–Trinajstić information content (AvgIpc) is 3.16. The third-order valence-electron chi connectivity index (χ3n) is 3.90. The minimum Gasteiger partial charge on any atom is -0.351 e. The number of thiazole rings is 1. The number of carbonyl (C=O) groups excluding carboxylic acids is 1. The molecule has 0 spiro atoms. The van der Waals surface area contributed by atoms with Gasteiger partial charge >= 0.3 is 0 Å². The zero-order chi connectivity index (χ0) is 19.4. The lowest BCUT2D eigenvalue weighted by Crippen LogP contribution is -2.36. The number of hydrogen-bond donors (Lipinski definition) is 2. The molecule has 0 aliphatic carbocycles. The van der Waals surface area contributed by atoms with Crippen molar-refractivity contribution in [2.45, 2.75) is 19.4 Å². The molecule has 9 heteroatoms. The molecule has 2 N–H and O–H groups in total. The first-order valence-electron chi connectivity index (χ1n) is 8.06. The summed E-state index contributed by atoms with van der Waals surface area (Å²) in [5.74, 6) is -0.313. The number of amides is 1. The quantitative estimate of drug-likeness (QED) is 0.749. The number of nitriles is 1. The van der Waals surface area contributed by atoms with Crippen molar-refractivity contribution in [2.75, 3.05) is 6.54 Å². The number of rotatable bonds is 5. The molecule has 27 heavy (non-hydrogen) atoms. The second kappa shape index (κ2) is 8.29. The predicted molar refractivity (Wildman–Crippen MR) is 102 cm³/mol. The third kappa shape index (κ3) is 4.15. The highest BCUT2D eigenvalue weighted by atomic mass is 35.5. The second-order valence-electron chi connectivity index (χ2n) is 5.71. The van der Waals surface area contributed by atoms with Gasteiger partial charge in [-0.25, -0.2) is 9.37 Å². The van der Waals surface area contributed by atoms with Gasteiger partial charge < -0.3 is 10.6 Å². The van der Waals surface area contributed by atoms with Crippen LogP contribution in [0.2, 0.25) is 5.02 Å². The summed E-state index contributed by atoms with van der Waals surface area (Å²) in [6.07, 6.45) is 1.86. The van der Waals surface area contributed by atoms with Gasteiger partial charge in [0.2, 0.25) is 0 Å². The van der Waals surface area contributed by atoms with Crippen molar-refractivity contribution in [3.8, 4) is 6.07 Å². The fraction of sp³-hybridized carbons (Fsp3) is 0.222. The number of aliphatic imine (C=N–C) groups is 1. The Balaban J connectivity index is 2.03. The van der Waals surface area contributed by atoms with Crippen molar-refractivity contribution >= 4 is 34.7 Å². The Bertz CT molecular complexity index is 965. The molecule has 1 unspecified atom stereocenters. The molecular weight excluding hydrogens is 389 g/mol. The molecule has 0 saturated carbocycles. The van der Waals surface area contributed by atoms with E-state index in [1.165, 1.54) is 29.5 Å². The maximum absolute atomic E-state index is 13.5. The first kappa shape index (κ1) is 19.0. The van der Waals surface area contributed by atoms with Crippen molar-refractivity contribution in [1.29, 1.82) is 5.26 Å². The Morgan fingerprint density at radius 1 is 1.52 bits per heavy atom. The number of nitrogens with one attached hydrogen (secondary N) is 2. The van der Waals surface area contributed by atoms with Gasteiger partial charge in [0.15, 0.2) is 10.8 Å². The van der Waals surface area contributed by atoms with Crippen molar-refractivity contribution in [2.24, 2.45) is 4.99 Å². The van der Waals surface area contributed by atoms with Crippen LogP contribution in [0.3, 0.4) is 0 Å². The van der Waals surface area contributed by atoms with Gasteiger partial charge in [0, 0.05) is 34.4 Å². The highest BCUT2D eigenvalue weighted by Crippen LogP contribution is 2.35. The summed E-state index contributed by atoms with van der Waals surface area (Å²) in [7, 11) is 0. The lowest BCUT2D eigenvalue weighted by Gasteiger charge is -2.26. The zero-order valence-corrected chi connectivity index (χ0v) is 15.9. The maximum atomic E-state index is 13.5. The summed E-state index contributed by atoms with van der Waals surface area (Å²) < 4.78 is 13.5. The molecule has 138 valence electrons. The van der Waals surface area contributed by atoms with E-state index in [-0.39, 0.29) is 23.9 Å². The Kier molecular flexibility index (Phi) is 5.84. The highest BCUT2D eigenvalue weighted by Gasteiger charge is 2.31. The van der Waals surface area contributed by atoms with E-state index in [2.05, 4.69) is 20.6 Å². The molecule has 1 aromatic heterocycles. The standard InChI is InChI=1S/C18H15ClFN5OS/c1-10-14(17(26)22-6-2-5-21)15(12-4-3-11(20)9-13(12)19)25-16(24-10)18-23-7-8-27-18/h3-4,7-9,15H,2,6H2,1H3,(H,22,26)(H,24,25). The molecule has 1 aliphatic rings. The predicted octanol–water partition coefficient (Wildman–Crippen LogP) is 3.33. The smallest absolute Gasteiger partial charge is 0.251 e. The number of benzene rings is 1. The average molecular weight is 404 g/mol. The summed E-state index contributed by atoms with van der Waals surface area (Å²) in [4.78, 5) is 21.6. The van der Waals surface area contributed by atoms with Crippen molar-refractivity contribution in [3.05, 3.63) is 62.5 Å². The summed E-state index contributed by atoms with van der Waals surface area (Å²) in [5.41, 5.74) is 1.47. The number of nitrogens with zero attached hydrogens (tertiary/aromatic N) is 3. The van der Waals surface area contributed by atoms with Crippen LogP contribution >= 0.6 is 22.9 Å². The molecule has 0 fully saturated rings. The van der Waals surface area contributed by atoms with E-state index in [9.17, 15) is 9.18 Å². The minimum absolute atomic E-state index is 0.180. The molecule has 1 aromatic carbocycles. The van der Waals surface area contributed by atoms with Gasteiger partial charge in [-0.15, -0.1) is 11.3 Å². The van der Waals surface area contributed by atoms with Crippen LogP contribution in [-0.2, 0) is 4.79 Å². The summed E-state index contributed by atoms with van der Waals surface area (Å²) in [6, 6.07) is 5.25. The largest absolute Gasteiger partial charge is 0.351 e. The molecule has 0 radical (unpaired) electrons. The van der Waals surface area contributed by atoms with Crippen LogP contribution < -0.4 is 10.6 Å². The molecule has 2 aromatic rings. The van der Waals surface area contributed by atoms with Gasteiger partial charge in [0.1, 0.15) is 11.9 Å². The number of carbonyl (C=O) groups is 1. The van der Waals surface area contributed by atoms with E-state index in [1.54, 1.807) is 13.1 Å². The van der Waals surface area contributed by atoms with Crippen LogP contribution in [0, 0.1) is 17.1 Å². The Morgan fingerprint density at radius 2 is 2.33 bits per heavy atom. The summed E-state index contributed by atoms with van der Waals surface area (Å²) in [5, 5.41) is 17.1. The molecule has 1 aliphatic heterocycles. The minimum atomic E-state index is -0.722. The molecular formula is C18H15ClFN5OS. The van der Waals surface area contributed by atoms with Gasteiger partial charge in [0.05, 0.1) is 18.1 Å². The topological polar surface area (TPSA) is 90.2 Å². The van der Waals surface area contributed by atoms with E-state index >= 15 is 0 Å². The van der Waals surface area contributed by atoms with Gasteiger partial charge in [-0.3, -0.25) is 9.79 Å². The summed E-state index contributed by atoms with van der Waals surface area (Å²) in [6.45, 7) is 1.98. The second-order valence-corrected chi connectivity index (χ2v) is 7.01. The normalized spacial score (nSPS) is 16.4. The van der Waals surface area contributed by atoms with Gasteiger partial charge in [-0.05, 0) is 19.1 Å². The maximum Gasteiger partial charge on any atom is 0.251 e. The molecule has 0 saturated heterocycles. The Hall–Kier alpha value is -2.76. The van der Waals surface area contributed by atoms with Crippen molar-refractivity contribution < 1.29 is 9.18 Å². The lowest BCUT2D eigenvalue weighted by atomic mass is 9.95. The van der Waals surface area contributed by atoms with Gasteiger partial charge in [-0.2, -0.15) is 5.26 Å². The number of allylic oxidation sites excluding steroid dienone is 1. The number of hydrogen-bond acceptors (Lipinski definition) is 6. The van der Waals surface area contributed by atoms with Crippen LogP contribution in [0.1, 0.15) is 30.0 Å². The van der Waals surface area contributed by atoms with Gasteiger partial charge in [0.25, 0.3) is 5.91 Å². The Labute approximate surface area is 164 Å². The zero-order valence-electron chi connectivity index (χ0n) is 14.3. The van der Waals surface area contributed by atoms with E-state index < -0.39 is 11.9 Å². The van der Waals surface area contributed by atoms with Crippen LogP contribution in [0.5, 0.6) is 0 Å².